The number of carboxylic acid groups (broad SMARTS) is 1. The summed E-state index contributed by atoms with van der Waals surface area (Å²) in [5, 5.41) is 14.9. The maximum Gasteiger partial charge on any atom is 0.329 e. The zero-order valence-electron chi connectivity index (χ0n) is 13.1. The van der Waals surface area contributed by atoms with Crippen molar-refractivity contribution in [2.45, 2.75) is 77.8 Å². The van der Waals surface area contributed by atoms with Crippen molar-refractivity contribution in [3.8, 4) is 0 Å². The van der Waals surface area contributed by atoms with E-state index >= 15 is 0 Å². The van der Waals surface area contributed by atoms with Crippen molar-refractivity contribution in [1.29, 1.82) is 0 Å². The van der Waals surface area contributed by atoms with E-state index in [4.69, 9.17) is 0 Å². The monoisotopic (exact) mass is 284 g/mol. The highest BCUT2D eigenvalue weighted by Gasteiger charge is 2.37. The first-order valence-corrected chi connectivity index (χ1v) is 7.57. The number of urea groups is 1. The average molecular weight is 284 g/mol. The predicted molar refractivity (Wildman–Crippen MR) is 78.7 cm³/mol. The zero-order chi connectivity index (χ0) is 15.4. The Morgan fingerprint density at radius 1 is 1.30 bits per heavy atom. The molecule has 2 amide bonds. The Balaban J connectivity index is 2.60. The zero-order valence-corrected chi connectivity index (χ0v) is 13.1. The molecular weight excluding hydrogens is 256 g/mol. The molecule has 1 aliphatic carbocycles. The lowest BCUT2D eigenvalue weighted by Gasteiger charge is -2.36. The molecule has 116 valence electrons. The Kier molecular flexibility index (Phi) is 5.42. The van der Waals surface area contributed by atoms with Crippen LogP contribution >= 0.6 is 0 Å². The summed E-state index contributed by atoms with van der Waals surface area (Å²) >= 11 is 0. The standard InChI is InChI=1S/C15H28N2O3/c1-5-15(6-2,12(18)19)17-13(20)16-11-8-7-9-14(3,4)10-11/h11H,5-10H2,1-4H3,(H,18,19)(H2,16,17,20). The molecule has 1 atom stereocenters. The van der Waals surface area contributed by atoms with Gasteiger partial charge in [-0.1, -0.05) is 34.1 Å². The van der Waals surface area contributed by atoms with Gasteiger partial charge in [-0.25, -0.2) is 9.59 Å². The Hall–Kier alpha value is -1.26. The molecule has 1 unspecified atom stereocenters. The van der Waals surface area contributed by atoms with Crippen molar-refractivity contribution in [2.24, 2.45) is 5.41 Å². The molecule has 1 fully saturated rings. The van der Waals surface area contributed by atoms with Crippen LogP contribution in [0.25, 0.3) is 0 Å². The third-order valence-corrected chi connectivity index (χ3v) is 4.51. The van der Waals surface area contributed by atoms with Gasteiger partial charge in [-0.05, 0) is 37.5 Å². The van der Waals surface area contributed by atoms with Crippen molar-refractivity contribution in [1.82, 2.24) is 10.6 Å². The fourth-order valence-corrected chi connectivity index (χ4v) is 3.04. The Morgan fingerprint density at radius 3 is 2.35 bits per heavy atom. The molecule has 20 heavy (non-hydrogen) atoms. The van der Waals surface area contributed by atoms with E-state index in [1.54, 1.807) is 13.8 Å². The van der Waals surface area contributed by atoms with Gasteiger partial charge in [-0.3, -0.25) is 0 Å². The van der Waals surface area contributed by atoms with Crippen LogP contribution in [0.1, 0.15) is 66.2 Å². The summed E-state index contributed by atoms with van der Waals surface area (Å²) in [4.78, 5) is 23.4. The van der Waals surface area contributed by atoms with Crippen LogP contribution in [0, 0.1) is 5.41 Å². The smallest absolute Gasteiger partial charge is 0.329 e. The predicted octanol–water partition coefficient (Wildman–Crippen LogP) is 2.90. The molecular formula is C15H28N2O3. The number of aliphatic carboxylic acids is 1. The van der Waals surface area contributed by atoms with Gasteiger partial charge in [0.1, 0.15) is 5.54 Å². The number of carboxylic acids is 1. The molecule has 0 saturated heterocycles. The quantitative estimate of drug-likeness (QED) is 0.726. The van der Waals surface area contributed by atoms with Crippen LogP contribution in [0.3, 0.4) is 0 Å². The van der Waals surface area contributed by atoms with Crippen molar-refractivity contribution in [3.05, 3.63) is 0 Å². The minimum absolute atomic E-state index is 0.138. The largest absolute Gasteiger partial charge is 0.480 e. The number of nitrogens with one attached hydrogen (secondary N) is 2. The minimum Gasteiger partial charge on any atom is -0.480 e. The first-order chi connectivity index (χ1) is 9.24. The van der Waals surface area contributed by atoms with Crippen LogP contribution in [0.5, 0.6) is 0 Å². The van der Waals surface area contributed by atoms with Gasteiger partial charge in [-0.15, -0.1) is 0 Å². The molecule has 0 radical (unpaired) electrons. The molecule has 0 spiro atoms. The van der Waals surface area contributed by atoms with Crippen LogP contribution in [0.15, 0.2) is 0 Å². The van der Waals surface area contributed by atoms with Crippen LogP contribution < -0.4 is 10.6 Å². The molecule has 0 aliphatic heterocycles. The average Bonchev–Trinajstić information content (AvgIpc) is 2.34. The van der Waals surface area contributed by atoms with E-state index in [0.29, 0.717) is 12.8 Å². The van der Waals surface area contributed by atoms with E-state index in [2.05, 4.69) is 24.5 Å². The van der Waals surface area contributed by atoms with Crippen LogP contribution in [-0.4, -0.2) is 28.7 Å². The van der Waals surface area contributed by atoms with Gasteiger partial charge in [0.25, 0.3) is 0 Å². The number of hydrogen-bond acceptors (Lipinski definition) is 2. The Morgan fingerprint density at radius 2 is 1.90 bits per heavy atom. The van der Waals surface area contributed by atoms with Crippen LogP contribution in [-0.2, 0) is 4.79 Å². The molecule has 0 aromatic heterocycles. The van der Waals surface area contributed by atoms with Gasteiger partial charge in [0.15, 0.2) is 0 Å². The molecule has 5 nitrogen and oxygen atoms in total. The second kappa shape index (κ2) is 6.46. The molecule has 3 N–H and O–H groups in total. The first-order valence-electron chi connectivity index (χ1n) is 7.57. The molecule has 0 aromatic rings. The van der Waals surface area contributed by atoms with Crippen molar-refractivity contribution in [3.63, 3.8) is 0 Å². The summed E-state index contributed by atoms with van der Waals surface area (Å²) in [6.45, 7) is 7.97. The Bertz CT molecular complexity index is 362. The summed E-state index contributed by atoms with van der Waals surface area (Å²) in [5.41, 5.74) is -0.913. The molecule has 1 saturated carbocycles. The number of carbonyl (C=O) groups is 2. The van der Waals surface area contributed by atoms with Crippen molar-refractivity contribution in [2.75, 3.05) is 0 Å². The molecule has 1 aliphatic rings. The van der Waals surface area contributed by atoms with Gasteiger partial charge in [0.05, 0.1) is 0 Å². The van der Waals surface area contributed by atoms with Gasteiger partial charge in [0.2, 0.25) is 0 Å². The third kappa shape index (κ3) is 4.12. The molecule has 0 bridgehead atoms. The SMILES string of the molecule is CCC(CC)(NC(=O)NC1CCCC(C)(C)C1)C(=O)O. The third-order valence-electron chi connectivity index (χ3n) is 4.51. The fraction of sp³-hybridized carbons (Fsp3) is 0.867. The van der Waals surface area contributed by atoms with Gasteiger partial charge >= 0.3 is 12.0 Å². The second-order valence-electron chi connectivity index (χ2n) is 6.65. The second-order valence-corrected chi connectivity index (χ2v) is 6.65. The number of amides is 2. The van der Waals surface area contributed by atoms with E-state index in [1.165, 1.54) is 6.42 Å². The number of rotatable bonds is 5. The van der Waals surface area contributed by atoms with E-state index in [1.807, 2.05) is 0 Å². The van der Waals surface area contributed by atoms with E-state index < -0.39 is 11.5 Å². The van der Waals surface area contributed by atoms with E-state index in [9.17, 15) is 14.7 Å². The van der Waals surface area contributed by atoms with E-state index in [0.717, 1.165) is 19.3 Å². The summed E-state index contributed by atoms with van der Waals surface area (Å²) in [7, 11) is 0. The van der Waals surface area contributed by atoms with Crippen molar-refractivity contribution < 1.29 is 14.7 Å². The molecule has 0 aromatic carbocycles. The fourth-order valence-electron chi connectivity index (χ4n) is 3.04. The lowest BCUT2D eigenvalue weighted by atomic mass is 9.75. The molecule has 0 heterocycles. The van der Waals surface area contributed by atoms with Crippen LogP contribution in [0.4, 0.5) is 4.79 Å². The first kappa shape index (κ1) is 16.8. The van der Waals surface area contributed by atoms with Gasteiger partial charge in [0, 0.05) is 6.04 Å². The van der Waals surface area contributed by atoms with E-state index in [-0.39, 0.29) is 17.5 Å². The molecule has 5 heteroatoms. The van der Waals surface area contributed by atoms with Crippen molar-refractivity contribution >= 4 is 12.0 Å². The van der Waals surface area contributed by atoms with Crippen LogP contribution in [0.2, 0.25) is 0 Å². The summed E-state index contributed by atoms with van der Waals surface area (Å²) in [6, 6.07) is -0.224. The lowest BCUT2D eigenvalue weighted by Crippen LogP contribution is -2.58. The normalized spacial score (nSPS) is 22.1. The summed E-state index contributed by atoms with van der Waals surface area (Å²) in [6.07, 6.45) is 4.94. The lowest BCUT2D eigenvalue weighted by molar-refractivity contribution is -0.144. The number of hydrogen-bond donors (Lipinski definition) is 3. The summed E-state index contributed by atoms with van der Waals surface area (Å²) < 4.78 is 0. The van der Waals surface area contributed by atoms with Gasteiger partial charge in [-0.2, -0.15) is 0 Å². The maximum absolute atomic E-state index is 12.1. The highest BCUT2D eigenvalue weighted by molar-refractivity contribution is 5.86. The number of carbonyl (C=O) groups excluding carboxylic acids is 1. The topological polar surface area (TPSA) is 78.4 Å². The van der Waals surface area contributed by atoms with Gasteiger partial charge < -0.3 is 15.7 Å². The highest BCUT2D eigenvalue weighted by atomic mass is 16.4. The maximum atomic E-state index is 12.1. The Labute approximate surface area is 121 Å². The summed E-state index contributed by atoms with van der Waals surface area (Å²) in [5.74, 6) is -0.971. The highest BCUT2D eigenvalue weighted by Crippen LogP contribution is 2.35. The molecule has 1 rings (SSSR count). The minimum atomic E-state index is -1.16.